The Morgan fingerprint density at radius 2 is 0.705 bits per heavy atom. The van der Waals surface area contributed by atoms with E-state index in [0.29, 0.717) is 27.8 Å². The lowest BCUT2D eigenvalue weighted by atomic mass is 9.91. The van der Waals surface area contributed by atoms with Gasteiger partial charge in [0.05, 0.1) is 55.7 Å². The van der Waals surface area contributed by atoms with Crippen molar-refractivity contribution in [1.29, 1.82) is 0 Å². The van der Waals surface area contributed by atoms with Gasteiger partial charge in [-0.25, -0.2) is 15.0 Å². The molecule has 6 nitrogen and oxygen atoms in total. The summed E-state index contributed by atoms with van der Waals surface area (Å²) in [4.78, 5) is 19.1. The molecule has 12 aromatic rings. The Labute approximate surface area is 433 Å². The van der Waals surface area contributed by atoms with Crippen molar-refractivity contribution in [3.8, 4) is 67.8 Å². The second kappa shape index (κ2) is 18.2. The molecule has 0 aliphatic carbocycles. The first-order valence-electron chi connectivity index (χ1n) is 23.7. The number of alkyl halides is 12. The van der Waals surface area contributed by atoms with Crippen LogP contribution in [0.15, 0.2) is 194 Å². The molecule has 4 aromatic heterocycles. The van der Waals surface area contributed by atoms with Crippen molar-refractivity contribution in [1.82, 2.24) is 29.1 Å². The minimum atomic E-state index is -4.90. The van der Waals surface area contributed by atoms with Crippen molar-refractivity contribution in [3.05, 3.63) is 217 Å². The molecule has 0 N–H and O–H groups in total. The van der Waals surface area contributed by atoms with Crippen LogP contribution in [0.3, 0.4) is 0 Å². The van der Waals surface area contributed by atoms with Gasteiger partial charge in [-0.05, 0) is 109 Å². The zero-order valence-electron chi connectivity index (χ0n) is 39.7. The summed E-state index contributed by atoms with van der Waals surface area (Å²) in [5.41, 5.74) is -0.979. The minimum absolute atomic E-state index is 0.0563. The SMILES string of the molecule is FC(F)(F)c1ccc2c(c1)c1cc(C(F)(F)F)ccc1n2-c1ccc(-c2nc(-c3ccccc3)nc(-c3ccccc3)n2)cc1-c1c(-c2cccnc2)cccc1-n1c2ccc(C(F)(F)F)cc2c2cc(C(F)(F)F)ccc21. The lowest BCUT2D eigenvalue weighted by Crippen LogP contribution is -2.06. The molecule has 12 rings (SSSR count). The molecular formula is C60H32F12N6. The molecule has 0 amide bonds. The lowest BCUT2D eigenvalue weighted by Gasteiger charge is -2.22. The highest BCUT2D eigenvalue weighted by atomic mass is 19.4. The third-order valence-electron chi connectivity index (χ3n) is 13.6. The number of hydrogen-bond acceptors (Lipinski definition) is 4. The zero-order valence-corrected chi connectivity index (χ0v) is 39.7. The zero-order chi connectivity index (χ0) is 54.5. The fourth-order valence-electron chi connectivity index (χ4n) is 10.1. The maximum Gasteiger partial charge on any atom is 0.416 e. The summed E-state index contributed by atoms with van der Waals surface area (Å²) < 4.78 is 177. The van der Waals surface area contributed by atoms with Crippen LogP contribution in [0.2, 0.25) is 0 Å². The van der Waals surface area contributed by atoms with Crippen molar-refractivity contribution in [2.45, 2.75) is 24.7 Å². The van der Waals surface area contributed by atoms with Gasteiger partial charge in [0.2, 0.25) is 0 Å². The Morgan fingerprint density at radius 1 is 0.308 bits per heavy atom. The van der Waals surface area contributed by atoms with Crippen LogP contribution in [0.4, 0.5) is 52.7 Å². The van der Waals surface area contributed by atoms with E-state index in [1.54, 1.807) is 97.1 Å². The molecule has 0 bridgehead atoms. The first-order valence-corrected chi connectivity index (χ1v) is 23.7. The first kappa shape index (κ1) is 49.6. The summed E-state index contributed by atoms with van der Waals surface area (Å²) in [5.74, 6) is 0.664. The van der Waals surface area contributed by atoms with Crippen LogP contribution in [-0.4, -0.2) is 29.1 Å². The highest BCUT2D eigenvalue weighted by molar-refractivity contribution is 6.13. The van der Waals surface area contributed by atoms with Gasteiger partial charge in [0.15, 0.2) is 17.5 Å². The summed E-state index contributed by atoms with van der Waals surface area (Å²) in [6.45, 7) is 0. The van der Waals surface area contributed by atoms with Crippen LogP contribution in [-0.2, 0) is 24.7 Å². The quantitative estimate of drug-likeness (QED) is 0.149. The van der Waals surface area contributed by atoms with E-state index in [9.17, 15) is 52.7 Å². The average molecular weight is 1060 g/mol. The van der Waals surface area contributed by atoms with Gasteiger partial charge in [0.25, 0.3) is 0 Å². The van der Waals surface area contributed by atoms with E-state index in [0.717, 1.165) is 72.8 Å². The molecule has 0 atom stereocenters. The molecule has 0 fully saturated rings. The third kappa shape index (κ3) is 8.71. The Bertz CT molecular complexity index is 4110. The summed E-state index contributed by atoms with van der Waals surface area (Å²) in [6.07, 6.45) is -16.6. The van der Waals surface area contributed by atoms with Gasteiger partial charge in [-0.3, -0.25) is 4.98 Å². The predicted octanol–water partition coefficient (Wildman–Crippen LogP) is 17.9. The van der Waals surface area contributed by atoms with E-state index in [-0.39, 0.29) is 83.6 Å². The monoisotopic (exact) mass is 1060 g/mol. The normalized spacial score (nSPS) is 12.6. The minimum Gasteiger partial charge on any atom is -0.309 e. The Balaban J connectivity index is 1.24. The number of benzene rings is 8. The smallest absolute Gasteiger partial charge is 0.309 e. The lowest BCUT2D eigenvalue weighted by molar-refractivity contribution is -0.138. The van der Waals surface area contributed by atoms with Crippen LogP contribution in [0.5, 0.6) is 0 Å². The summed E-state index contributed by atoms with van der Waals surface area (Å²) in [7, 11) is 0. The number of fused-ring (bicyclic) bond motifs is 6. The molecule has 0 unspecified atom stereocenters. The van der Waals surface area contributed by atoms with Gasteiger partial charge in [-0.15, -0.1) is 0 Å². The molecule has 0 saturated heterocycles. The largest absolute Gasteiger partial charge is 0.416 e. The molecule has 0 aliphatic heterocycles. The standard InChI is InChI=1S/C60H32F12N6/c61-57(62,63)37-17-22-47-42(28-37)43-29-38(58(64,65)66)18-23-48(43)77(47)51-21-16-35(56-75-54(33-9-3-1-4-10-33)74-55(76-56)34-11-5-2-6-12-34)27-46(51)53-41(36-13-8-26-73-32-36)14-7-15-52(53)78-49-24-19-39(59(67,68)69)30-44(49)45-31-40(60(70,71)72)20-25-50(45)78/h1-32H. The first-order chi connectivity index (χ1) is 37.2. The average Bonchev–Trinajstić information content (AvgIpc) is 4.17. The van der Waals surface area contributed by atoms with Gasteiger partial charge in [-0.1, -0.05) is 78.9 Å². The number of pyridine rings is 1. The number of halogens is 12. The molecule has 386 valence electrons. The predicted molar refractivity (Wildman–Crippen MR) is 273 cm³/mol. The molecular weight excluding hydrogens is 1030 g/mol. The second-order valence-electron chi connectivity index (χ2n) is 18.3. The second-order valence-corrected chi connectivity index (χ2v) is 18.3. The fourth-order valence-corrected chi connectivity index (χ4v) is 10.1. The van der Waals surface area contributed by atoms with Crippen molar-refractivity contribution < 1.29 is 52.7 Å². The molecule has 0 radical (unpaired) electrons. The number of aromatic nitrogens is 6. The Hall–Kier alpha value is -9.32. The van der Waals surface area contributed by atoms with Crippen molar-refractivity contribution in [2.75, 3.05) is 0 Å². The van der Waals surface area contributed by atoms with E-state index in [1.807, 2.05) is 12.1 Å². The Kier molecular flexibility index (Phi) is 11.5. The van der Waals surface area contributed by atoms with Crippen LogP contribution < -0.4 is 0 Å². The van der Waals surface area contributed by atoms with Crippen LogP contribution in [0.1, 0.15) is 22.3 Å². The van der Waals surface area contributed by atoms with Crippen molar-refractivity contribution in [2.24, 2.45) is 0 Å². The van der Waals surface area contributed by atoms with Crippen molar-refractivity contribution in [3.63, 3.8) is 0 Å². The number of nitrogens with zero attached hydrogens (tertiary/aromatic N) is 6. The molecule has 0 spiro atoms. The topological polar surface area (TPSA) is 61.4 Å². The summed E-state index contributed by atoms with van der Waals surface area (Å²) in [6, 6.07) is 42.3. The van der Waals surface area contributed by atoms with E-state index in [2.05, 4.69) is 4.98 Å². The molecule has 18 heteroatoms. The van der Waals surface area contributed by atoms with Crippen LogP contribution in [0, 0.1) is 0 Å². The molecule has 0 saturated carbocycles. The number of rotatable bonds is 7. The molecule has 4 heterocycles. The van der Waals surface area contributed by atoms with E-state index >= 15 is 0 Å². The van der Waals surface area contributed by atoms with E-state index < -0.39 is 47.0 Å². The number of hydrogen-bond donors (Lipinski definition) is 0. The van der Waals surface area contributed by atoms with Crippen LogP contribution >= 0.6 is 0 Å². The van der Waals surface area contributed by atoms with E-state index in [1.165, 1.54) is 21.5 Å². The van der Waals surface area contributed by atoms with E-state index in [4.69, 9.17) is 15.0 Å². The summed E-state index contributed by atoms with van der Waals surface area (Å²) >= 11 is 0. The van der Waals surface area contributed by atoms with Gasteiger partial charge in [0.1, 0.15) is 0 Å². The maximum atomic E-state index is 14.5. The van der Waals surface area contributed by atoms with Gasteiger partial charge < -0.3 is 9.13 Å². The summed E-state index contributed by atoms with van der Waals surface area (Å²) in [5, 5.41) is -0.703. The van der Waals surface area contributed by atoms with Crippen molar-refractivity contribution >= 4 is 43.6 Å². The van der Waals surface area contributed by atoms with Gasteiger partial charge >= 0.3 is 24.7 Å². The van der Waals surface area contributed by atoms with Crippen LogP contribution in [0.25, 0.3) is 111 Å². The van der Waals surface area contributed by atoms with Gasteiger partial charge in [-0.2, -0.15) is 52.7 Å². The Morgan fingerprint density at radius 3 is 1.10 bits per heavy atom. The highest BCUT2D eigenvalue weighted by Gasteiger charge is 2.36. The third-order valence-corrected chi connectivity index (χ3v) is 13.6. The maximum absolute atomic E-state index is 14.5. The molecule has 78 heavy (non-hydrogen) atoms. The highest BCUT2D eigenvalue weighted by Crippen LogP contribution is 2.48. The molecule has 0 aliphatic rings. The molecule has 8 aromatic carbocycles. The fraction of sp³-hybridized carbons (Fsp3) is 0.0667. The van der Waals surface area contributed by atoms with Gasteiger partial charge in [0, 0.05) is 67.3 Å².